The Morgan fingerprint density at radius 2 is 1.81 bits per heavy atom. The van der Waals surface area contributed by atoms with E-state index in [-0.39, 0.29) is 17.1 Å². The fourth-order valence-electron chi connectivity index (χ4n) is 3.99. The second kappa shape index (κ2) is 8.23. The molecule has 1 fully saturated rings. The zero-order valence-electron chi connectivity index (χ0n) is 16.3. The molecule has 0 bridgehead atoms. The summed E-state index contributed by atoms with van der Waals surface area (Å²) >= 11 is 0. The fraction of sp³-hybridized carbons (Fsp3) is 0.476. The van der Waals surface area contributed by atoms with Gasteiger partial charge in [0.05, 0.1) is 11.6 Å². The molecule has 1 aromatic heterocycles. The number of benzene rings is 1. The van der Waals surface area contributed by atoms with Gasteiger partial charge in [0.25, 0.3) is 5.56 Å². The molecule has 1 atom stereocenters. The Morgan fingerprint density at radius 3 is 2.41 bits per heavy atom. The number of piperazine rings is 1. The highest BCUT2D eigenvalue weighted by Crippen LogP contribution is 2.33. The molecule has 1 aliphatic rings. The first-order valence-electron chi connectivity index (χ1n) is 9.61. The lowest BCUT2D eigenvalue weighted by Crippen LogP contribution is -2.48. The highest BCUT2D eigenvalue weighted by Gasteiger charge is 2.31. The van der Waals surface area contributed by atoms with Crippen molar-refractivity contribution in [1.29, 1.82) is 0 Å². The van der Waals surface area contributed by atoms with Crippen molar-refractivity contribution in [3.05, 3.63) is 63.3 Å². The summed E-state index contributed by atoms with van der Waals surface area (Å²) in [6.07, 6.45) is 0. The number of pyridine rings is 1. The summed E-state index contributed by atoms with van der Waals surface area (Å²) in [6.45, 7) is 10.6. The standard InChI is InChI=1S/C21H28FN3O2/c1-4-23-9-11-24(12-10-23)20(16-7-6-8-17(22)14-16)19-18(26)13-15(3)25(5-2)21(19)27/h6-8,13-14,20,26H,4-5,9-12H2,1-3H3/t20-/m1/s1. The topological polar surface area (TPSA) is 48.7 Å². The molecule has 0 saturated carbocycles. The smallest absolute Gasteiger partial charge is 0.259 e. The lowest BCUT2D eigenvalue weighted by Gasteiger charge is -2.39. The Labute approximate surface area is 159 Å². The van der Waals surface area contributed by atoms with Crippen molar-refractivity contribution >= 4 is 0 Å². The Hall–Kier alpha value is -2.18. The first-order chi connectivity index (χ1) is 13.0. The van der Waals surface area contributed by atoms with Crippen LogP contribution in [0.1, 0.15) is 36.7 Å². The molecule has 0 unspecified atom stereocenters. The van der Waals surface area contributed by atoms with Gasteiger partial charge in [-0.25, -0.2) is 4.39 Å². The number of hydrogen-bond donors (Lipinski definition) is 1. The largest absolute Gasteiger partial charge is 0.507 e. The first-order valence-corrected chi connectivity index (χ1v) is 9.61. The van der Waals surface area contributed by atoms with Crippen LogP contribution >= 0.6 is 0 Å². The molecular formula is C21H28FN3O2. The number of aromatic hydroxyl groups is 1. The van der Waals surface area contributed by atoms with Gasteiger partial charge >= 0.3 is 0 Å². The monoisotopic (exact) mass is 373 g/mol. The third-order valence-electron chi connectivity index (χ3n) is 5.50. The van der Waals surface area contributed by atoms with Crippen LogP contribution in [-0.2, 0) is 6.54 Å². The number of aromatic nitrogens is 1. The zero-order valence-corrected chi connectivity index (χ0v) is 16.3. The molecule has 3 rings (SSSR count). The maximum absolute atomic E-state index is 14.0. The SMILES string of the molecule is CCN1CCN([C@H](c2cccc(F)c2)c2c(O)cc(C)n(CC)c2=O)CC1. The van der Waals surface area contributed by atoms with Crippen molar-refractivity contribution < 1.29 is 9.50 Å². The molecular weight excluding hydrogens is 345 g/mol. The van der Waals surface area contributed by atoms with Crippen molar-refractivity contribution in [2.45, 2.75) is 33.4 Å². The van der Waals surface area contributed by atoms with E-state index in [9.17, 15) is 14.3 Å². The minimum absolute atomic E-state index is 0.0191. The van der Waals surface area contributed by atoms with E-state index >= 15 is 0 Å². The van der Waals surface area contributed by atoms with E-state index in [1.165, 1.54) is 12.1 Å². The van der Waals surface area contributed by atoms with Gasteiger partial charge < -0.3 is 14.6 Å². The van der Waals surface area contributed by atoms with Crippen LogP contribution in [0.5, 0.6) is 5.75 Å². The zero-order chi connectivity index (χ0) is 19.6. The Bertz CT molecular complexity index is 857. The van der Waals surface area contributed by atoms with Gasteiger partial charge in [-0.3, -0.25) is 9.69 Å². The number of hydrogen-bond acceptors (Lipinski definition) is 4. The van der Waals surface area contributed by atoms with Crippen molar-refractivity contribution in [3.63, 3.8) is 0 Å². The third kappa shape index (κ3) is 3.92. The number of aryl methyl sites for hydroxylation is 1. The summed E-state index contributed by atoms with van der Waals surface area (Å²) in [5, 5.41) is 10.7. The molecule has 0 amide bonds. The predicted molar refractivity (Wildman–Crippen MR) is 105 cm³/mol. The Balaban J connectivity index is 2.13. The molecule has 1 aliphatic heterocycles. The highest BCUT2D eigenvalue weighted by atomic mass is 19.1. The number of likely N-dealkylation sites (N-methyl/N-ethyl adjacent to an activating group) is 1. The molecule has 2 heterocycles. The lowest BCUT2D eigenvalue weighted by atomic mass is 9.96. The van der Waals surface area contributed by atoms with Crippen LogP contribution in [0.4, 0.5) is 4.39 Å². The minimum atomic E-state index is -0.467. The maximum atomic E-state index is 14.0. The summed E-state index contributed by atoms with van der Waals surface area (Å²) in [5.74, 6) is -0.360. The quantitative estimate of drug-likeness (QED) is 0.876. The van der Waals surface area contributed by atoms with Gasteiger partial charge in [-0.05, 0) is 44.2 Å². The Kier molecular flexibility index (Phi) is 5.97. The molecule has 0 aliphatic carbocycles. The molecule has 1 aromatic carbocycles. The summed E-state index contributed by atoms with van der Waals surface area (Å²) < 4.78 is 15.6. The molecule has 5 nitrogen and oxygen atoms in total. The molecule has 146 valence electrons. The summed E-state index contributed by atoms with van der Waals surface area (Å²) in [4.78, 5) is 17.7. The predicted octanol–water partition coefficient (Wildman–Crippen LogP) is 2.75. The van der Waals surface area contributed by atoms with Crippen LogP contribution in [0.3, 0.4) is 0 Å². The van der Waals surface area contributed by atoms with Crippen LogP contribution in [0.2, 0.25) is 0 Å². The van der Waals surface area contributed by atoms with Crippen LogP contribution in [0.15, 0.2) is 35.1 Å². The fourth-order valence-corrected chi connectivity index (χ4v) is 3.99. The van der Waals surface area contributed by atoms with Gasteiger partial charge in [-0.15, -0.1) is 0 Å². The van der Waals surface area contributed by atoms with Gasteiger partial charge in [0, 0.05) is 38.4 Å². The second-order valence-electron chi connectivity index (χ2n) is 7.06. The van der Waals surface area contributed by atoms with Crippen molar-refractivity contribution in [1.82, 2.24) is 14.4 Å². The van der Waals surface area contributed by atoms with Gasteiger partial charge in [-0.1, -0.05) is 19.1 Å². The third-order valence-corrected chi connectivity index (χ3v) is 5.50. The van der Waals surface area contributed by atoms with Crippen LogP contribution < -0.4 is 5.56 Å². The first kappa shape index (κ1) is 19.6. The second-order valence-corrected chi connectivity index (χ2v) is 7.06. The van der Waals surface area contributed by atoms with E-state index in [2.05, 4.69) is 16.7 Å². The van der Waals surface area contributed by atoms with Crippen molar-refractivity contribution in [2.24, 2.45) is 0 Å². The van der Waals surface area contributed by atoms with Crippen LogP contribution in [0, 0.1) is 12.7 Å². The number of rotatable bonds is 5. The van der Waals surface area contributed by atoms with Crippen LogP contribution in [-0.4, -0.2) is 52.2 Å². The summed E-state index contributed by atoms with van der Waals surface area (Å²) in [5.41, 5.74) is 1.54. The summed E-state index contributed by atoms with van der Waals surface area (Å²) in [7, 11) is 0. The molecule has 1 saturated heterocycles. The maximum Gasteiger partial charge on any atom is 0.259 e. The highest BCUT2D eigenvalue weighted by molar-refractivity contribution is 5.41. The van der Waals surface area contributed by atoms with E-state index in [1.54, 1.807) is 16.7 Å². The van der Waals surface area contributed by atoms with E-state index < -0.39 is 6.04 Å². The normalized spacial score (nSPS) is 17.2. The van der Waals surface area contributed by atoms with E-state index in [0.717, 1.165) is 38.4 Å². The molecule has 0 radical (unpaired) electrons. The van der Waals surface area contributed by atoms with Gasteiger partial charge in [-0.2, -0.15) is 0 Å². The van der Waals surface area contributed by atoms with E-state index in [4.69, 9.17) is 0 Å². The number of nitrogens with zero attached hydrogens (tertiary/aromatic N) is 3. The molecule has 27 heavy (non-hydrogen) atoms. The van der Waals surface area contributed by atoms with Gasteiger partial charge in [0.2, 0.25) is 0 Å². The lowest BCUT2D eigenvalue weighted by molar-refractivity contribution is 0.111. The molecule has 1 N–H and O–H groups in total. The van der Waals surface area contributed by atoms with Crippen molar-refractivity contribution in [3.8, 4) is 5.75 Å². The molecule has 0 spiro atoms. The van der Waals surface area contributed by atoms with E-state index in [0.29, 0.717) is 17.7 Å². The molecule has 6 heteroatoms. The van der Waals surface area contributed by atoms with Crippen LogP contribution in [0.25, 0.3) is 0 Å². The Morgan fingerprint density at radius 1 is 1.11 bits per heavy atom. The average molecular weight is 373 g/mol. The van der Waals surface area contributed by atoms with Crippen molar-refractivity contribution in [2.75, 3.05) is 32.7 Å². The number of halogens is 1. The van der Waals surface area contributed by atoms with Gasteiger partial charge in [0.15, 0.2) is 0 Å². The summed E-state index contributed by atoms with van der Waals surface area (Å²) in [6, 6.07) is 7.51. The minimum Gasteiger partial charge on any atom is -0.507 e. The van der Waals surface area contributed by atoms with E-state index in [1.807, 2.05) is 19.9 Å². The van der Waals surface area contributed by atoms with Gasteiger partial charge in [0.1, 0.15) is 11.6 Å². The molecule has 2 aromatic rings. The average Bonchev–Trinajstić information content (AvgIpc) is 2.65.